The number of amides is 1. The van der Waals surface area contributed by atoms with Crippen molar-refractivity contribution >= 4 is 28.2 Å². The van der Waals surface area contributed by atoms with Gasteiger partial charge in [-0.05, 0) is 23.3 Å². The van der Waals surface area contributed by atoms with Crippen LogP contribution >= 0.6 is 0 Å². The zero-order chi connectivity index (χ0) is 22.8. The number of nitrogens with zero attached hydrogens (tertiary/aromatic N) is 1. The SMILES string of the molecule is CCCN1C(=O)C(=O)/C(=C(/O)c2cccc3ccccc23)C1c1cccc(OC)c1OC. The fourth-order valence-corrected chi connectivity index (χ4v) is 4.38. The highest BCUT2D eigenvalue weighted by atomic mass is 16.5. The van der Waals surface area contributed by atoms with Gasteiger partial charge in [-0.1, -0.05) is 61.5 Å². The molecule has 6 heteroatoms. The maximum Gasteiger partial charge on any atom is 0.295 e. The average molecular weight is 431 g/mol. The van der Waals surface area contributed by atoms with E-state index < -0.39 is 17.7 Å². The number of carbonyl (C=O) groups excluding carboxylic acids is 2. The van der Waals surface area contributed by atoms with E-state index in [-0.39, 0.29) is 11.3 Å². The number of aliphatic hydroxyl groups excluding tert-OH is 1. The summed E-state index contributed by atoms with van der Waals surface area (Å²) >= 11 is 0. The maximum atomic E-state index is 13.2. The van der Waals surface area contributed by atoms with Crippen LogP contribution in [0.5, 0.6) is 11.5 Å². The van der Waals surface area contributed by atoms with Gasteiger partial charge in [0.1, 0.15) is 5.76 Å². The van der Waals surface area contributed by atoms with Crippen molar-refractivity contribution in [2.24, 2.45) is 0 Å². The Kier molecular flexibility index (Phi) is 5.86. The van der Waals surface area contributed by atoms with Crippen molar-refractivity contribution in [2.75, 3.05) is 20.8 Å². The second-order valence-electron chi connectivity index (χ2n) is 7.60. The van der Waals surface area contributed by atoms with E-state index in [0.717, 1.165) is 10.8 Å². The summed E-state index contributed by atoms with van der Waals surface area (Å²) in [7, 11) is 3.04. The Morgan fingerprint density at radius 2 is 1.69 bits per heavy atom. The van der Waals surface area contributed by atoms with Gasteiger partial charge in [-0.3, -0.25) is 9.59 Å². The number of ether oxygens (including phenoxy) is 2. The first-order chi connectivity index (χ1) is 15.5. The molecule has 1 aliphatic heterocycles. The molecule has 0 aliphatic carbocycles. The molecule has 1 amide bonds. The van der Waals surface area contributed by atoms with Crippen LogP contribution in [0.4, 0.5) is 0 Å². The highest BCUT2D eigenvalue weighted by Gasteiger charge is 2.47. The molecule has 3 aromatic rings. The number of para-hydroxylation sites is 1. The van der Waals surface area contributed by atoms with Gasteiger partial charge in [0.05, 0.1) is 25.8 Å². The predicted octanol–water partition coefficient (Wildman–Crippen LogP) is 4.69. The highest BCUT2D eigenvalue weighted by Crippen LogP contribution is 2.45. The van der Waals surface area contributed by atoms with Crippen molar-refractivity contribution in [2.45, 2.75) is 19.4 Å². The monoisotopic (exact) mass is 431 g/mol. The van der Waals surface area contributed by atoms with E-state index in [0.29, 0.717) is 35.6 Å². The molecule has 1 aliphatic rings. The number of Topliss-reactive ketones (excluding diaryl/α,β-unsaturated/α-hetero) is 1. The van der Waals surface area contributed by atoms with E-state index in [1.54, 1.807) is 24.3 Å². The Morgan fingerprint density at radius 1 is 0.969 bits per heavy atom. The van der Waals surface area contributed by atoms with Crippen LogP contribution in [0.3, 0.4) is 0 Å². The topological polar surface area (TPSA) is 76.1 Å². The molecule has 1 fully saturated rings. The maximum absolute atomic E-state index is 13.2. The standard InChI is InChI=1S/C26H25NO5/c1-4-15-27-22(19-13-8-14-20(31-2)25(19)32-3)21(24(29)26(27)30)23(28)18-12-7-10-16-9-5-6-11-17(16)18/h5-14,22,28H,4,15H2,1-3H3/b23-21+. The molecule has 0 bridgehead atoms. The fourth-order valence-electron chi connectivity index (χ4n) is 4.38. The number of hydrogen-bond acceptors (Lipinski definition) is 5. The molecule has 6 nitrogen and oxygen atoms in total. The number of benzene rings is 3. The van der Waals surface area contributed by atoms with Crippen LogP contribution in [0.15, 0.2) is 66.2 Å². The van der Waals surface area contributed by atoms with Crippen molar-refractivity contribution in [1.82, 2.24) is 4.90 Å². The summed E-state index contributed by atoms with van der Waals surface area (Å²) in [6.45, 7) is 2.30. The largest absolute Gasteiger partial charge is 0.507 e. The molecule has 164 valence electrons. The Morgan fingerprint density at radius 3 is 2.41 bits per heavy atom. The lowest BCUT2D eigenvalue weighted by Crippen LogP contribution is -2.30. The van der Waals surface area contributed by atoms with Crippen molar-refractivity contribution in [1.29, 1.82) is 0 Å². The summed E-state index contributed by atoms with van der Waals surface area (Å²) < 4.78 is 11.0. The minimum Gasteiger partial charge on any atom is -0.507 e. The quantitative estimate of drug-likeness (QED) is 0.348. The lowest BCUT2D eigenvalue weighted by molar-refractivity contribution is -0.139. The molecule has 0 radical (unpaired) electrons. The minimum absolute atomic E-state index is 0.0476. The highest BCUT2D eigenvalue weighted by molar-refractivity contribution is 6.46. The van der Waals surface area contributed by atoms with Gasteiger partial charge >= 0.3 is 0 Å². The third kappa shape index (κ3) is 3.38. The molecule has 1 unspecified atom stereocenters. The number of hydrogen-bond donors (Lipinski definition) is 1. The molecule has 1 saturated heterocycles. The van der Waals surface area contributed by atoms with E-state index in [9.17, 15) is 14.7 Å². The molecule has 32 heavy (non-hydrogen) atoms. The molecule has 3 aromatic carbocycles. The number of carbonyl (C=O) groups is 2. The van der Waals surface area contributed by atoms with E-state index in [1.807, 2.05) is 43.3 Å². The van der Waals surface area contributed by atoms with Crippen LogP contribution in [-0.2, 0) is 9.59 Å². The van der Waals surface area contributed by atoms with Crippen LogP contribution < -0.4 is 9.47 Å². The number of rotatable bonds is 6. The average Bonchev–Trinajstić information content (AvgIpc) is 3.07. The summed E-state index contributed by atoms with van der Waals surface area (Å²) in [5.41, 5.74) is 1.14. The predicted molar refractivity (Wildman–Crippen MR) is 123 cm³/mol. The summed E-state index contributed by atoms with van der Waals surface area (Å²) in [6.07, 6.45) is 0.657. The molecule has 0 spiro atoms. The minimum atomic E-state index is -0.793. The van der Waals surface area contributed by atoms with Crippen molar-refractivity contribution < 1.29 is 24.2 Å². The van der Waals surface area contributed by atoms with Gasteiger partial charge in [0, 0.05) is 17.7 Å². The third-order valence-electron chi connectivity index (χ3n) is 5.78. The number of fused-ring (bicyclic) bond motifs is 1. The van der Waals surface area contributed by atoms with Gasteiger partial charge in [0.15, 0.2) is 11.5 Å². The first kappa shape index (κ1) is 21.4. The lowest BCUT2D eigenvalue weighted by atomic mass is 9.92. The fraction of sp³-hybridized carbons (Fsp3) is 0.231. The zero-order valence-electron chi connectivity index (χ0n) is 18.3. The summed E-state index contributed by atoms with van der Waals surface area (Å²) in [5.74, 6) is -0.639. The summed E-state index contributed by atoms with van der Waals surface area (Å²) in [5, 5.41) is 13.1. The molecular weight excluding hydrogens is 406 g/mol. The number of ketones is 1. The van der Waals surface area contributed by atoms with Gasteiger partial charge < -0.3 is 19.5 Å². The van der Waals surface area contributed by atoms with Crippen LogP contribution in [0, 0.1) is 0 Å². The van der Waals surface area contributed by atoms with Crippen LogP contribution in [-0.4, -0.2) is 42.5 Å². The number of methoxy groups -OCH3 is 2. The van der Waals surface area contributed by atoms with Crippen molar-refractivity contribution in [3.8, 4) is 11.5 Å². The third-order valence-corrected chi connectivity index (χ3v) is 5.78. The zero-order valence-corrected chi connectivity index (χ0v) is 18.3. The van der Waals surface area contributed by atoms with E-state index in [2.05, 4.69) is 0 Å². The second kappa shape index (κ2) is 8.75. The molecule has 1 heterocycles. The van der Waals surface area contributed by atoms with Gasteiger partial charge in [-0.25, -0.2) is 0 Å². The number of likely N-dealkylation sites (tertiary alicyclic amines) is 1. The Bertz CT molecular complexity index is 1220. The summed E-state index contributed by atoms with van der Waals surface area (Å²) in [6, 6.07) is 17.6. The lowest BCUT2D eigenvalue weighted by Gasteiger charge is -2.27. The smallest absolute Gasteiger partial charge is 0.295 e. The van der Waals surface area contributed by atoms with Gasteiger partial charge in [-0.15, -0.1) is 0 Å². The van der Waals surface area contributed by atoms with Crippen LogP contribution in [0.2, 0.25) is 0 Å². The Balaban J connectivity index is 2.01. The molecular formula is C26H25NO5. The van der Waals surface area contributed by atoms with Crippen LogP contribution in [0.25, 0.3) is 16.5 Å². The molecule has 1 atom stereocenters. The van der Waals surface area contributed by atoms with Crippen LogP contribution in [0.1, 0.15) is 30.5 Å². The van der Waals surface area contributed by atoms with E-state index >= 15 is 0 Å². The van der Waals surface area contributed by atoms with E-state index in [1.165, 1.54) is 19.1 Å². The van der Waals surface area contributed by atoms with E-state index in [4.69, 9.17) is 9.47 Å². The van der Waals surface area contributed by atoms with Gasteiger partial charge in [0.2, 0.25) is 0 Å². The molecule has 4 rings (SSSR count). The Labute approximate surface area is 186 Å². The Hall–Kier alpha value is -3.80. The van der Waals surface area contributed by atoms with Gasteiger partial charge in [-0.2, -0.15) is 0 Å². The molecule has 1 N–H and O–H groups in total. The molecule has 0 saturated carbocycles. The van der Waals surface area contributed by atoms with Crippen molar-refractivity contribution in [3.63, 3.8) is 0 Å². The normalized spacial score (nSPS) is 17.7. The summed E-state index contributed by atoms with van der Waals surface area (Å²) in [4.78, 5) is 27.7. The number of aliphatic hydroxyl groups is 1. The van der Waals surface area contributed by atoms with Crippen molar-refractivity contribution in [3.05, 3.63) is 77.4 Å². The molecule has 0 aromatic heterocycles. The van der Waals surface area contributed by atoms with Gasteiger partial charge in [0.25, 0.3) is 11.7 Å². The second-order valence-corrected chi connectivity index (χ2v) is 7.60. The first-order valence-corrected chi connectivity index (χ1v) is 10.5. The first-order valence-electron chi connectivity index (χ1n) is 10.5.